The highest BCUT2D eigenvalue weighted by atomic mass is 32.2. The molecule has 1 aliphatic heterocycles. The van der Waals surface area contributed by atoms with E-state index in [2.05, 4.69) is 5.92 Å². The van der Waals surface area contributed by atoms with E-state index >= 15 is 0 Å². The fraction of sp³-hybridized carbons (Fsp3) is 0.500. The van der Waals surface area contributed by atoms with Gasteiger partial charge in [0.25, 0.3) is 0 Å². The van der Waals surface area contributed by atoms with Crippen LogP contribution < -0.4 is 0 Å². The van der Waals surface area contributed by atoms with E-state index in [4.69, 9.17) is 11.2 Å². The molecular weight excluding hydrogens is 272 g/mol. The van der Waals surface area contributed by atoms with Gasteiger partial charge in [-0.3, -0.25) is 0 Å². The van der Waals surface area contributed by atoms with Gasteiger partial charge in [0.2, 0.25) is 0 Å². The lowest BCUT2D eigenvalue weighted by molar-refractivity contribution is -0.0658. The molecule has 0 saturated carbocycles. The number of benzene rings is 1. The SMILES string of the molecule is C#Cc1ccc(C2(C(C)(C)C)OCCCS2(=O)=O)cc1. The maximum atomic E-state index is 12.7. The van der Waals surface area contributed by atoms with Crippen molar-refractivity contribution >= 4 is 9.84 Å². The molecule has 0 aromatic heterocycles. The van der Waals surface area contributed by atoms with Gasteiger partial charge in [0.05, 0.1) is 12.4 Å². The van der Waals surface area contributed by atoms with Crippen LogP contribution in [0, 0.1) is 17.8 Å². The molecule has 0 aliphatic carbocycles. The molecule has 1 aliphatic rings. The fourth-order valence-corrected chi connectivity index (χ4v) is 5.34. The minimum absolute atomic E-state index is 0.154. The molecule has 1 aromatic carbocycles. The Labute approximate surface area is 121 Å². The van der Waals surface area contributed by atoms with Gasteiger partial charge in [-0.1, -0.05) is 38.8 Å². The second kappa shape index (κ2) is 4.91. The molecule has 1 aromatic rings. The fourth-order valence-electron chi connectivity index (χ4n) is 2.86. The minimum atomic E-state index is -3.39. The molecule has 20 heavy (non-hydrogen) atoms. The van der Waals surface area contributed by atoms with Crippen molar-refractivity contribution in [1.82, 2.24) is 0 Å². The largest absolute Gasteiger partial charge is 0.354 e. The van der Waals surface area contributed by atoms with Crippen molar-refractivity contribution in [2.24, 2.45) is 5.41 Å². The third-order valence-electron chi connectivity index (χ3n) is 3.72. The normalized spacial score (nSPS) is 25.9. The second-order valence-corrected chi connectivity index (χ2v) is 8.32. The monoisotopic (exact) mass is 292 g/mol. The summed E-state index contributed by atoms with van der Waals surface area (Å²) in [5.41, 5.74) is 0.818. The van der Waals surface area contributed by atoms with Gasteiger partial charge in [-0.15, -0.1) is 6.42 Å². The Morgan fingerprint density at radius 1 is 1.25 bits per heavy atom. The number of rotatable bonds is 1. The maximum Gasteiger partial charge on any atom is 0.198 e. The van der Waals surface area contributed by atoms with Crippen LogP contribution >= 0.6 is 0 Å². The van der Waals surface area contributed by atoms with Crippen LogP contribution in [-0.4, -0.2) is 20.8 Å². The highest BCUT2D eigenvalue weighted by Gasteiger charge is 2.56. The van der Waals surface area contributed by atoms with Crippen LogP contribution in [0.15, 0.2) is 24.3 Å². The first kappa shape index (κ1) is 15.1. The Morgan fingerprint density at radius 2 is 1.85 bits per heavy atom. The average molecular weight is 292 g/mol. The molecule has 0 amide bonds. The first-order valence-electron chi connectivity index (χ1n) is 6.68. The Bertz CT molecular complexity index is 630. The van der Waals surface area contributed by atoms with Crippen LogP contribution in [0.25, 0.3) is 0 Å². The van der Waals surface area contributed by atoms with Gasteiger partial charge in [-0.25, -0.2) is 8.42 Å². The molecule has 0 radical (unpaired) electrons. The lowest BCUT2D eigenvalue weighted by atomic mass is 9.83. The second-order valence-electron chi connectivity index (χ2n) is 6.11. The Hall–Kier alpha value is -1.31. The van der Waals surface area contributed by atoms with E-state index in [1.165, 1.54) is 0 Å². The van der Waals surface area contributed by atoms with Gasteiger partial charge in [0.15, 0.2) is 14.8 Å². The van der Waals surface area contributed by atoms with Crippen molar-refractivity contribution in [2.75, 3.05) is 12.4 Å². The lowest BCUT2D eigenvalue weighted by Gasteiger charge is -2.46. The van der Waals surface area contributed by atoms with Crippen LogP contribution in [0.5, 0.6) is 0 Å². The zero-order valence-corrected chi connectivity index (χ0v) is 13.0. The number of ether oxygens (including phenoxy) is 1. The Morgan fingerprint density at radius 3 is 2.30 bits per heavy atom. The van der Waals surface area contributed by atoms with Crippen LogP contribution in [0.1, 0.15) is 38.3 Å². The Kier molecular flexibility index (Phi) is 3.70. The molecule has 4 heteroatoms. The van der Waals surface area contributed by atoms with Crippen LogP contribution in [0.2, 0.25) is 0 Å². The summed E-state index contributed by atoms with van der Waals surface area (Å²) in [5.74, 6) is 2.69. The topological polar surface area (TPSA) is 43.4 Å². The van der Waals surface area contributed by atoms with Gasteiger partial charge in [0.1, 0.15) is 0 Å². The summed E-state index contributed by atoms with van der Waals surface area (Å²) in [6, 6.07) is 7.05. The summed E-state index contributed by atoms with van der Waals surface area (Å²) >= 11 is 0. The molecule has 1 atom stereocenters. The van der Waals surface area contributed by atoms with Gasteiger partial charge >= 0.3 is 0 Å². The lowest BCUT2D eigenvalue weighted by Crippen LogP contribution is -2.53. The van der Waals surface area contributed by atoms with E-state index in [1.807, 2.05) is 20.8 Å². The zero-order valence-electron chi connectivity index (χ0n) is 12.1. The molecule has 3 nitrogen and oxygen atoms in total. The molecule has 1 fully saturated rings. The van der Waals surface area contributed by atoms with E-state index in [-0.39, 0.29) is 5.75 Å². The van der Waals surface area contributed by atoms with Crippen molar-refractivity contribution in [2.45, 2.75) is 32.1 Å². The molecule has 0 N–H and O–H groups in total. The third kappa shape index (κ3) is 2.15. The minimum Gasteiger partial charge on any atom is -0.354 e. The van der Waals surface area contributed by atoms with Gasteiger partial charge in [-0.05, 0) is 24.1 Å². The quantitative estimate of drug-likeness (QED) is 0.748. The van der Waals surface area contributed by atoms with E-state index in [1.54, 1.807) is 24.3 Å². The van der Waals surface area contributed by atoms with Gasteiger partial charge in [-0.2, -0.15) is 0 Å². The van der Waals surface area contributed by atoms with Crippen molar-refractivity contribution in [3.63, 3.8) is 0 Å². The summed E-state index contributed by atoms with van der Waals surface area (Å²) in [7, 11) is -3.39. The van der Waals surface area contributed by atoms with Crippen LogP contribution in [-0.2, 0) is 19.5 Å². The van der Waals surface area contributed by atoms with Gasteiger partial charge in [0, 0.05) is 11.0 Å². The molecule has 1 saturated heterocycles. The molecule has 0 bridgehead atoms. The van der Waals surface area contributed by atoms with Crippen molar-refractivity contribution < 1.29 is 13.2 Å². The summed E-state index contributed by atoms with van der Waals surface area (Å²) in [6.07, 6.45) is 5.90. The van der Waals surface area contributed by atoms with E-state index in [9.17, 15) is 8.42 Å². The number of sulfone groups is 1. The van der Waals surface area contributed by atoms with Crippen molar-refractivity contribution in [3.05, 3.63) is 35.4 Å². The number of terminal acetylenes is 1. The molecule has 1 heterocycles. The highest BCUT2D eigenvalue weighted by molar-refractivity contribution is 7.92. The Balaban J connectivity index is 2.67. The van der Waals surface area contributed by atoms with E-state index in [0.717, 1.165) is 5.56 Å². The smallest absolute Gasteiger partial charge is 0.198 e. The summed E-state index contributed by atoms with van der Waals surface area (Å²) in [5, 5.41) is 0. The number of hydrogen-bond acceptors (Lipinski definition) is 3. The highest BCUT2D eigenvalue weighted by Crippen LogP contribution is 2.49. The van der Waals surface area contributed by atoms with Crippen LogP contribution in [0.3, 0.4) is 0 Å². The first-order chi connectivity index (χ1) is 9.24. The number of hydrogen-bond donors (Lipinski definition) is 0. The van der Waals surface area contributed by atoms with Crippen LogP contribution in [0.4, 0.5) is 0 Å². The molecule has 1 unspecified atom stereocenters. The van der Waals surface area contributed by atoms with E-state index in [0.29, 0.717) is 18.6 Å². The molecule has 0 spiro atoms. The van der Waals surface area contributed by atoms with Crippen molar-refractivity contribution in [1.29, 1.82) is 0 Å². The molecular formula is C16H20O3S. The van der Waals surface area contributed by atoms with Crippen molar-refractivity contribution in [3.8, 4) is 12.3 Å². The van der Waals surface area contributed by atoms with E-state index < -0.39 is 20.2 Å². The molecule has 2 rings (SSSR count). The average Bonchev–Trinajstić information content (AvgIpc) is 2.37. The predicted octanol–water partition coefficient (Wildman–Crippen LogP) is 2.70. The summed E-state index contributed by atoms with van der Waals surface area (Å²) in [6.45, 7) is 6.13. The standard InChI is InChI=1S/C16H20O3S/c1-5-13-7-9-14(10-8-13)16(15(2,3)4)19-11-6-12-20(16,17)18/h1,7-10H,6,11-12H2,2-4H3. The summed E-state index contributed by atoms with van der Waals surface area (Å²) < 4.78 is 31.3. The third-order valence-corrected chi connectivity index (χ3v) is 6.39. The molecule has 108 valence electrons. The predicted molar refractivity (Wildman–Crippen MR) is 79.9 cm³/mol. The summed E-state index contributed by atoms with van der Waals surface area (Å²) in [4.78, 5) is -1.30. The maximum absolute atomic E-state index is 12.7. The first-order valence-corrected chi connectivity index (χ1v) is 8.33. The van der Waals surface area contributed by atoms with Gasteiger partial charge < -0.3 is 4.74 Å². The zero-order chi connectivity index (χ0) is 15.0.